The van der Waals surface area contributed by atoms with Crippen LogP contribution < -0.4 is 4.74 Å². The number of nitrogens with zero attached hydrogens (tertiary/aromatic N) is 2. The summed E-state index contributed by atoms with van der Waals surface area (Å²) in [5.41, 5.74) is 3.41. The van der Waals surface area contributed by atoms with Crippen molar-refractivity contribution in [1.29, 1.82) is 0 Å². The second-order valence-electron chi connectivity index (χ2n) is 7.41. The summed E-state index contributed by atoms with van der Waals surface area (Å²) in [7, 11) is 0. The van der Waals surface area contributed by atoms with Gasteiger partial charge in [-0.25, -0.2) is 4.98 Å². The quantitative estimate of drug-likeness (QED) is 0.575. The van der Waals surface area contributed by atoms with E-state index in [-0.39, 0.29) is 0 Å². The minimum Gasteiger partial charge on any atom is -0.493 e. The molecule has 4 nitrogen and oxygen atoms in total. The zero-order valence-corrected chi connectivity index (χ0v) is 16.7. The molecule has 4 rings (SSSR count). The first-order valence-corrected chi connectivity index (χ1v) is 10.2. The van der Waals surface area contributed by atoms with Crippen molar-refractivity contribution in [2.75, 3.05) is 19.7 Å². The van der Waals surface area contributed by atoms with Crippen molar-refractivity contribution in [3.63, 3.8) is 0 Å². The first-order chi connectivity index (χ1) is 13.7. The fraction of sp³-hybridized carbons (Fsp3) is 0.375. The lowest BCUT2D eigenvalue weighted by Crippen LogP contribution is -2.32. The summed E-state index contributed by atoms with van der Waals surface area (Å²) in [6.45, 7) is 7.65. The number of hydrogen-bond acceptors (Lipinski definition) is 4. The molecule has 0 N–H and O–H groups in total. The Kier molecular flexibility index (Phi) is 5.77. The van der Waals surface area contributed by atoms with Crippen molar-refractivity contribution in [2.24, 2.45) is 0 Å². The van der Waals surface area contributed by atoms with E-state index in [1.54, 1.807) is 0 Å². The average molecular weight is 377 g/mol. The molecule has 1 saturated heterocycles. The Morgan fingerprint density at radius 2 is 1.75 bits per heavy atom. The molecule has 4 heteroatoms. The van der Waals surface area contributed by atoms with E-state index in [2.05, 4.69) is 35.2 Å². The van der Waals surface area contributed by atoms with Crippen LogP contribution in [0.3, 0.4) is 0 Å². The highest BCUT2D eigenvalue weighted by molar-refractivity contribution is 5.63. The largest absolute Gasteiger partial charge is 0.493 e. The number of piperidine rings is 1. The number of hydrogen-bond donors (Lipinski definition) is 0. The first-order valence-electron chi connectivity index (χ1n) is 10.2. The highest BCUT2D eigenvalue weighted by atomic mass is 16.5. The SMILES string of the molecule is CCOc1ccccc1-c1nc(CN2CCC(c3ccccc3)CC2)c(C)o1. The van der Waals surface area contributed by atoms with Crippen LogP contribution in [0.25, 0.3) is 11.5 Å². The van der Waals surface area contributed by atoms with E-state index in [1.165, 1.54) is 18.4 Å². The van der Waals surface area contributed by atoms with Crippen LogP contribution in [-0.4, -0.2) is 29.6 Å². The zero-order chi connectivity index (χ0) is 19.3. The smallest absolute Gasteiger partial charge is 0.230 e. The van der Waals surface area contributed by atoms with Crippen LogP contribution in [-0.2, 0) is 6.54 Å². The normalized spacial score (nSPS) is 15.6. The molecule has 3 aromatic rings. The number of aryl methyl sites for hydroxylation is 1. The van der Waals surface area contributed by atoms with Crippen LogP contribution in [0.2, 0.25) is 0 Å². The lowest BCUT2D eigenvalue weighted by atomic mass is 9.89. The Labute approximate surface area is 167 Å². The molecule has 2 aromatic carbocycles. The second kappa shape index (κ2) is 8.61. The minimum atomic E-state index is 0.625. The molecule has 1 aromatic heterocycles. The third-order valence-corrected chi connectivity index (χ3v) is 5.54. The Morgan fingerprint density at radius 1 is 1.04 bits per heavy atom. The lowest BCUT2D eigenvalue weighted by Gasteiger charge is -2.31. The number of oxazole rings is 1. The Bertz CT molecular complexity index is 896. The van der Waals surface area contributed by atoms with Gasteiger partial charge in [0.05, 0.1) is 17.9 Å². The van der Waals surface area contributed by atoms with Gasteiger partial charge in [-0.05, 0) is 63.4 Å². The van der Waals surface area contributed by atoms with Crippen molar-refractivity contribution < 1.29 is 9.15 Å². The summed E-state index contributed by atoms with van der Waals surface area (Å²) >= 11 is 0. The van der Waals surface area contributed by atoms with Gasteiger partial charge in [-0.3, -0.25) is 4.90 Å². The zero-order valence-electron chi connectivity index (χ0n) is 16.7. The van der Waals surface area contributed by atoms with Crippen molar-refractivity contribution in [3.05, 3.63) is 71.6 Å². The molecule has 1 aliphatic heterocycles. The maximum absolute atomic E-state index is 6.00. The third-order valence-electron chi connectivity index (χ3n) is 5.54. The van der Waals surface area contributed by atoms with Gasteiger partial charge in [0.25, 0.3) is 0 Å². The molecule has 0 unspecified atom stereocenters. The van der Waals surface area contributed by atoms with Gasteiger partial charge in [-0.15, -0.1) is 0 Å². The van der Waals surface area contributed by atoms with Gasteiger partial charge >= 0.3 is 0 Å². The molecule has 28 heavy (non-hydrogen) atoms. The number of rotatable bonds is 6. The Balaban J connectivity index is 1.43. The Morgan fingerprint density at radius 3 is 2.50 bits per heavy atom. The van der Waals surface area contributed by atoms with Crippen LogP contribution in [0.4, 0.5) is 0 Å². The van der Waals surface area contributed by atoms with Crippen LogP contribution in [0.5, 0.6) is 5.75 Å². The van der Waals surface area contributed by atoms with Gasteiger partial charge in [0.1, 0.15) is 11.5 Å². The maximum Gasteiger partial charge on any atom is 0.230 e. The summed E-state index contributed by atoms with van der Waals surface area (Å²) in [6.07, 6.45) is 2.39. The summed E-state index contributed by atoms with van der Waals surface area (Å²) in [5, 5.41) is 0. The molecule has 0 atom stereocenters. The minimum absolute atomic E-state index is 0.625. The molecule has 0 aliphatic carbocycles. The van der Waals surface area contributed by atoms with Gasteiger partial charge in [0.15, 0.2) is 0 Å². The molecule has 0 saturated carbocycles. The van der Waals surface area contributed by atoms with E-state index < -0.39 is 0 Å². The maximum atomic E-state index is 6.00. The lowest BCUT2D eigenvalue weighted by molar-refractivity contribution is 0.202. The van der Waals surface area contributed by atoms with E-state index in [0.29, 0.717) is 18.4 Å². The molecular formula is C24H28N2O2. The molecule has 146 valence electrons. The van der Waals surface area contributed by atoms with Gasteiger partial charge in [0, 0.05) is 6.54 Å². The monoisotopic (exact) mass is 376 g/mol. The number of para-hydroxylation sites is 1. The summed E-state index contributed by atoms with van der Waals surface area (Å²) < 4.78 is 11.7. The molecule has 1 aliphatic rings. The molecule has 0 radical (unpaired) electrons. The molecule has 0 amide bonds. The van der Waals surface area contributed by atoms with Crippen LogP contribution >= 0.6 is 0 Å². The second-order valence-corrected chi connectivity index (χ2v) is 7.41. The van der Waals surface area contributed by atoms with E-state index in [9.17, 15) is 0 Å². The number of likely N-dealkylation sites (tertiary alicyclic amines) is 1. The molecule has 2 heterocycles. The molecule has 1 fully saturated rings. The van der Waals surface area contributed by atoms with Crippen molar-refractivity contribution >= 4 is 0 Å². The van der Waals surface area contributed by atoms with Crippen LogP contribution in [0.1, 0.15) is 42.7 Å². The molecule has 0 bridgehead atoms. The van der Waals surface area contributed by atoms with E-state index in [4.69, 9.17) is 14.1 Å². The topological polar surface area (TPSA) is 38.5 Å². The van der Waals surface area contributed by atoms with Crippen molar-refractivity contribution in [2.45, 2.75) is 39.2 Å². The van der Waals surface area contributed by atoms with E-state index in [1.807, 2.05) is 38.1 Å². The summed E-state index contributed by atoms with van der Waals surface area (Å²) in [6, 6.07) is 18.8. The third kappa shape index (κ3) is 4.12. The van der Waals surface area contributed by atoms with Gasteiger partial charge in [-0.2, -0.15) is 0 Å². The summed E-state index contributed by atoms with van der Waals surface area (Å²) in [5.74, 6) is 3.04. The standard InChI is InChI=1S/C24H28N2O2/c1-3-27-23-12-8-7-11-21(23)24-25-22(18(2)28-24)17-26-15-13-20(14-16-26)19-9-5-4-6-10-19/h4-12,20H,3,13-17H2,1-2H3. The number of ether oxygens (including phenoxy) is 1. The highest BCUT2D eigenvalue weighted by Crippen LogP contribution is 2.32. The first kappa shape index (κ1) is 18.8. The van der Waals surface area contributed by atoms with Gasteiger partial charge in [0.2, 0.25) is 5.89 Å². The van der Waals surface area contributed by atoms with Gasteiger partial charge < -0.3 is 9.15 Å². The van der Waals surface area contributed by atoms with Gasteiger partial charge in [-0.1, -0.05) is 42.5 Å². The highest BCUT2D eigenvalue weighted by Gasteiger charge is 2.23. The van der Waals surface area contributed by atoms with Crippen LogP contribution in [0.15, 0.2) is 59.0 Å². The molecular weight excluding hydrogens is 348 g/mol. The van der Waals surface area contributed by atoms with E-state index in [0.717, 1.165) is 42.4 Å². The van der Waals surface area contributed by atoms with Crippen molar-refractivity contribution in [3.8, 4) is 17.2 Å². The average Bonchev–Trinajstić information content (AvgIpc) is 3.10. The predicted octanol–water partition coefficient (Wildman–Crippen LogP) is 5.43. The Hall–Kier alpha value is -2.59. The predicted molar refractivity (Wildman–Crippen MR) is 112 cm³/mol. The fourth-order valence-electron chi connectivity index (χ4n) is 3.98. The molecule has 0 spiro atoms. The number of benzene rings is 2. The van der Waals surface area contributed by atoms with Crippen LogP contribution in [0, 0.1) is 6.92 Å². The van der Waals surface area contributed by atoms with Crippen molar-refractivity contribution in [1.82, 2.24) is 9.88 Å². The summed E-state index contributed by atoms with van der Waals surface area (Å²) in [4.78, 5) is 7.29. The van der Waals surface area contributed by atoms with E-state index >= 15 is 0 Å². The fourth-order valence-corrected chi connectivity index (χ4v) is 3.98. The number of aromatic nitrogens is 1.